The lowest BCUT2D eigenvalue weighted by atomic mass is 9.94. The van der Waals surface area contributed by atoms with E-state index >= 15 is 0 Å². The molecule has 1 N–H and O–H groups in total. The van der Waals surface area contributed by atoms with Gasteiger partial charge in [-0.15, -0.1) is 11.3 Å². The Bertz CT molecular complexity index is 1040. The predicted molar refractivity (Wildman–Crippen MR) is 106 cm³/mol. The molecule has 1 saturated heterocycles. The van der Waals surface area contributed by atoms with Crippen molar-refractivity contribution in [3.05, 3.63) is 31.3 Å². The molecule has 2 aromatic heterocycles. The molecule has 8 nitrogen and oxygen atoms in total. The van der Waals surface area contributed by atoms with E-state index in [9.17, 15) is 14.4 Å². The molecular formula is C19H25N3O5S. The first kappa shape index (κ1) is 19.4. The fraction of sp³-hybridized carbons (Fsp3) is 0.632. The van der Waals surface area contributed by atoms with Crippen LogP contribution in [0.2, 0.25) is 0 Å². The van der Waals surface area contributed by atoms with Crippen LogP contribution in [0.15, 0.2) is 9.59 Å². The van der Waals surface area contributed by atoms with Gasteiger partial charge in [-0.1, -0.05) is 0 Å². The SMILES string of the molecule is Cn1c(=O)n(CC(=O)NC[C@H]2CCCO2)c(=O)c2c3c(sc21)COC(C)(C)C3. The molecule has 0 bridgehead atoms. The number of aromatic nitrogens is 2. The second-order valence-corrected chi connectivity index (χ2v) is 9.16. The van der Waals surface area contributed by atoms with E-state index in [1.165, 1.54) is 15.9 Å². The molecule has 0 saturated carbocycles. The van der Waals surface area contributed by atoms with E-state index in [2.05, 4.69) is 5.32 Å². The van der Waals surface area contributed by atoms with E-state index in [1.54, 1.807) is 7.05 Å². The van der Waals surface area contributed by atoms with Crippen LogP contribution in [0.3, 0.4) is 0 Å². The van der Waals surface area contributed by atoms with Crippen LogP contribution < -0.4 is 16.6 Å². The van der Waals surface area contributed by atoms with E-state index in [4.69, 9.17) is 9.47 Å². The smallest absolute Gasteiger partial charge is 0.332 e. The molecule has 2 aliphatic rings. The summed E-state index contributed by atoms with van der Waals surface area (Å²) in [5.41, 5.74) is -0.319. The Labute approximate surface area is 166 Å². The molecule has 9 heteroatoms. The van der Waals surface area contributed by atoms with E-state index in [0.717, 1.165) is 27.8 Å². The molecular weight excluding hydrogens is 382 g/mol. The van der Waals surface area contributed by atoms with Crippen molar-refractivity contribution < 1.29 is 14.3 Å². The van der Waals surface area contributed by atoms with Gasteiger partial charge in [-0.05, 0) is 32.3 Å². The van der Waals surface area contributed by atoms with Crippen LogP contribution in [0, 0.1) is 0 Å². The zero-order valence-electron chi connectivity index (χ0n) is 16.4. The summed E-state index contributed by atoms with van der Waals surface area (Å²) in [4.78, 5) is 39.9. The molecule has 2 aromatic rings. The molecule has 1 amide bonds. The minimum atomic E-state index is -0.483. The monoisotopic (exact) mass is 407 g/mol. The van der Waals surface area contributed by atoms with Gasteiger partial charge in [0, 0.05) is 31.5 Å². The Kier molecular flexibility index (Phi) is 4.93. The summed E-state index contributed by atoms with van der Waals surface area (Å²) in [7, 11) is 1.64. The van der Waals surface area contributed by atoms with Crippen molar-refractivity contribution in [3.63, 3.8) is 0 Å². The fourth-order valence-corrected chi connectivity index (χ4v) is 5.03. The van der Waals surface area contributed by atoms with Gasteiger partial charge in [0.15, 0.2) is 0 Å². The third-order valence-corrected chi connectivity index (χ3v) is 6.68. The van der Waals surface area contributed by atoms with Crippen molar-refractivity contribution in [1.29, 1.82) is 0 Å². The number of nitrogens with zero attached hydrogens (tertiary/aromatic N) is 2. The zero-order chi connectivity index (χ0) is 20.1. The number of rotatable bonds is 4. The average molecular weight is 407 g/mol. The van der Waals surface area contributed by atoms with Gasteiger partial charge in [0.2, 0.25) is 5.91 Å². The lowest BCUT2D eigenvalue weighted by Crippen LogP contribution is -2.44. The summed E-state index contributed by atoms with van der Waals surface area (Å²) in [5.74, 6) is -0.359. The summed E-state index contributed by atoms with van der Waals surface area (Å²) in [6.45, 7) is 5.21. The number of amides is 1. The van der Waals surface area contributed by atoms with Crippen LogP contribution in [-0.2, 0) is 40.9 Å². The Morgan fingerprint density at radius 2 is 2.14 bits per heavy atom. The Hall–Kier alpha value is -1.97. The second kappa shape index (κ2) is 7.13. The lowest BCUT2D eigenvalue weighted by Gasteiger charge is -2.29. The van der Waals surface area contributed by atoms with Crippen LogP contribution in [0.4, 0.5) is 0 Å². The van der Waals surface area contributed by atoms with Gasteiger partial charge >= 0.3 is 5.69 Å². The fourth-order valence-electron chi connectivity index (χ4n) is 3.86. The standard InChI is InChI=1S/C19H25N3O5S/c1-19(2)7-12-13(10-27-19)28-17-15(12)16(24)22(18(25)21(17)3)9-14(23)20-8-11-5-4-6-26-11/h11H,4-10H2,1-3H3,(H,20,23)/t11-/m1/s1. The highest BCUT2D eigenvalue weighted by atomic mass is 32.1. The quantitative estimate of drug-likeness (QED) is 0.813. The van der Waals surface area contributed by atoms with Crippen molar-refractivity contribution in [3.8, 4) is 0 Å². The summed E-state index contributed by atoms with van der Waals surface area (Å²) in [6.07, 6.45) is 2.51. The largest absolute Gasteiger partial charge is 0.376 e. The summed E-state index contributed by atoms with van der Waals surface area (Å²) in [5, 5.41) is 3.31. The number of fused-ring (bicyclic) bond motifs is 3. The molecule has 28 heavy (non-hydrogen) atoms. The van der Waals surface area contributed by atoms with Crippen molar-refractivity contribution >= 4 is 27.5 Å². The normalized spacial score (nSPS) is 21.0. The minimum absolute atomic E-state index is 0.0112. The van der Waals surface area contributed by atoms with Crippen LogP contribution in [0.25, 0.3) is 10.2 Å². The highest BCUT2D eigenvalue weighted by Crippen LogP contribution is 2.36. The molecule has 1 fully saturated rings. The summed E-state index contributed by atoms with van der Waals surface area (Å²) >= 11 is 1.42. The minimum Gasteiger partial charge on any atom is -0.376 e. The van der Waals surface area contributed by atoms with E-state index in [-0.39, 0.29) is 24.2 Å². The number of carbonyl (C=O) groups is 1. The zero-order valence-corrected chi connectivity index (χ0v) is 17.2. The Morgan fingerprint density at radius 3 is 2.86 bits per heavy atom. The van der Waals surface area contributed by atoms with Crippen molar-refractivity contribution in [2.24, 2.45) is 7.05 Å². The van der Waals surface area contributed by atoms with Gasteiger partial charge in [0.05, 0.1) is 23.7 Å². The molecule has 2 aliphatic heterocycles. The van der Waals surface area contributed by atoms with Crippen LogP contribution in [0.5, 0.6) is 0 Å². The van der Waals surface area contributed by atoms with E-state index in [0.29, 0.717) is 36.4 Å². The van der Waals surface area contributed by atoms with E-state index in [1.807, 2.05) is 13.8 Å². The molecule has 1 atom stereocenters. The van der Waals surface area contributed by atoms with E-state index < -0.39 is 11.2 Å². The predicted octanol–water partition coefficient (Wildman–Crippen LogP) is 0.908. The maximum absolute atomic E-state index is 13.2. The number of ether oxygens (including phenoxy) is 2. The maximum atomic E-state index is 13.2. The summed E-state index contributed by atoms with van der Waals surface area (Å²) < 4.78 is 13.8. The number of aryl methyl sites for hydroxylation is 1. The summed E-state index contributed by atoms with van der Waals surface area (Å²) in [6, 6.07) is 0. The number of nitrogens with one attached hydrogen (secondary N) is 1. The Balaban J connectivity index is 1.68. The molecule has 0 aromatic carbocycles. The molecule has 0 spiro atoms. The van der Waals surface area contributed by atoms with Gasteiger partial charge in [-0.2, -0.15) is 0 Å². The van der Waals surface area contributed by atoms with Gasteiger partial charge in [-0.25, -0.2) is 4.79 Å². The number of thiophene rings is 1. The third-order valence-electron chi connectivity index (χ3n) is 5.40. The van der Waals surface area contributed by atoms with Gasteiger partial charge in [0.25, 0.3) is 5.56 Å². The molecule has 4 rings (SSSR count). The number of carbonyl (C=O) groups excluding carboxylic acids is 1. The van der Waals surface area contributed by atoms with Crippen molar-refractivity contribution in [2.45, 2.75) is 58.0 Å². The molecule has 152 valence electrons. The first-order chi connectivity index (χ1) is 13.3. The van der Waals surface area contributed by atoms with Gasteiger partial charge < -0.3 is 14.8 Å². The highest BCUT2D eigenvalue weighted by Gasteiger charge is 2.31. The van der Waals surface area contributed by atoms with Crippen molar-refractivity contribution in [1.82, 2.24) is 14.5 Å². The highest BCUT2D eigenvalue weighted by molar-refractivity contribution is 7.18. The lowest BCUT2D eigenvalue weighted by molar-refractivity contribution is -0.122. The van der Waals surface area contributed by atoms with Crippen LogP contribution in [0.1, 0.15) is 37.1 Å². The van der Waals surface area contributed by atoms with Crippen LogP contribution in [-0.4, -0.2) is 39.9 Å². The second-order valence-electron chi connectivity index (χ2n) is 8.08. The number of hydrogen-bond acceptors (Lipinski definition) is 6. The van der Waals surface area contributed by atoms with Gasteiger partial charge in [0.1, 0.15) is 11.4 Å². The van der Waals surface area contributed by atoms with Crippen LogP contribution >= 0.6 is 11.3 Å². The molecule has 0 aliphatic carbocycles. The molecule has 4 heterocycles. The van der Waals surface area contributed by atoms with Gasteiger partial charge in [-0.3, -0.25) is 18.7 Å². The third kappa shape index (κ3) is 3.42. The molecule has 0 radical (unpaired) electrons. The average Bonchev–Trinajstić information content (AvgIpc) is 3.28. The number of hydrogen-bond donors (Lipinski definition) is 1. The Morgan fingerprint density at radius 1 is 1.36 bits per heavy atom. The first-order valence-corrected chi connectivity index (χ1v) is 10.3. The first-order valence-electron chi connectivity index (χ1n) is 9.53. The maximum Gasteiger partial charge on any atom is 0.332 e. The topological polar surface area (TPSA) is 91.6 Å². The molecule has 0 unspecified atom stereocenters. The van der Waals surface area contributed by atoms with Crippen molar-refractivity contribution in [2.75, 3.05) is 13.2 Å².